The Hall–Kier alpha value is -0.860. The first-order valence-corrected chi connectivity index (χ1v) is 7.64. The molecule has 1 aliphatic rings. The topological polar surface area (TPSA) is 15.3 Å². The zero-order chi connectivity index (χ0) is 13.7. The van der Waals surface area contributed by atoms with Gasteiger partial charge in [-0.15, -0.1) is 0 Å². The minimum atomic E-state index is 0.719. The number of nitrogens with zero attached hydrogens (tertiary/aromatic N) is 1. The van der Waals surface area contributed by atoms with Crippen LogP contribution < -0.4 is 5.32 Å². The van der Waals surface area contributed by atoms with Crippen molar-refractivity contribution >= 4 is 0 Å². The van der Waals surface area contributed by atoms with Gasteiger partial charge in [-0.3, -0.25) is 4.90 Å². The van der Waals surface area contributed by atoms with Crippen molar-refractivity contribution in [3.05, 3.63) is 35.4 Å². The van der Waals surface area contributed by atoms with Crippen LogP contribution in [0.1, 0.15) is 38.3 Å². The summed E-state index contributed by atoms with van der Waals surface area (Å²) in [5.41, 5.74) is 2.83. The fourth-order valence-corrected chi connectivity index (χ4v) is 2.70. The molecule has 1 aromatic rings. The second kappa shape index (κ2) is 7.06. The van der Waals surface area contributed by atoms with Crippen LogP contribution in [-0.2, 0) is 13.1 Å². The first kappa shape index (κ1) is 14.5. The molecule has 1 aliphatic heterocycles. The third-order valence-electron chi connectivity index (χ3n) is 3.82. The third kappa shape index (κ3) is 4.96. The fraction of sp³-hybridized carbons (Fsp3) is 0.647. The SMILES string of the molecule is CC(C)CNCc1ccc(CN2CCC(C)C2)cc1. The zero-order valence-corrected chi connectivity index (χ0v) is 12.7. The molecule has 1 N–H and O–H groups in total. The van der Waals surface area contributed by atoms with Crippen LogP contribution in [0.25, 0.3) is 0 Å². The molecule has 1 heterocycles. The molecule has 2 nitrogen and oxygen atoms in total. The van der Waals surface area contributed by atoms with Crippen LogP contribution in [0.4, 0.5) is 0 Å². The van der Waals surface area contributed by atoms with Crippen LogP contribution in [0.3, 0.4) is 0 Å². The van der Waals surface area contributed by atoms with Gasteiger partial charge in [-0.1, -0.05) is 45.0 Å². The lowest BCUT2D eigenvalue weighted by Crippen LogP contribution is -2.20. The van der Waals surface area contributed by atoms with E-state index in [2.05, 4.69) is 55.3 Å². The molecule has 0 radical (unpaired) electrons. The summed E-state index contributed by atoms with van der Waals surface area (Å²) < 4.78 is 0. The molecule has 1 unspecified atom stereocenters. The van der Waals surface area contributed by atoms with Gasteiger partial charge in [0.1, 0.15) is 0 Å². The van der Waals surface area contributed by atoms with E-state index in [9.17, 15) is 0 Å². The van der Waals surface area contributed by atoms with E-state index in [4.69, 9.17) is 0 Å². The highest BCUT2D eigenvalue weighted by atomic mass is 15.1. The first-order valence-electron chi connectivity index (χ1n) is 7.64. The van der Waals surface area contributed by atoms with Gasteiger partial charge in [0, 0.05) is 19.6 Å². The van der Waals surface area contributed by atoms with Crippen molar-refractivity contribution in [1.82, 2.24) is 10.2 Å². The summed E-state index contributed by atoms with van der Waals surface area (Å²) in [6, 6.07) is 9.11. The Morgan fingerprint density at radius 1 is 1.21 bits per heavy atom. The largest absolute Gasteiger partial charge is 0.312 e. The van der Waals surface area contributed by atoms with Gasteiger partial charge in [0.2, 0.25) is 0 Å². The Bertz CT molecular complexity index is 369. The van der Waals surface area contributed by atoms with Crippen LogP contribution in [0.5, 0.6) is 0 Å². The van der Waals surface area contributed by atoms with Gasteiger partial charge in [0.05, 0.1) is 0 Å². The molecule has 1 aromatic carbocycles. The van der Waals surface area contributed by atoms with Crippen LogP contribution in [0.15, 0.2) is 24.3 Å². The number of nitrogens with one attached hydrogen (secondary N) is 1. The second-order valence-electron chi connectivity index (χ2n) is 6.47. The molecule has 0 saturated carbocycles. The molecule has 19 heavy (non-hydrogen) atoms. The Morgan fingerprint density at radius 3 is 2.47 bits per heavy atom. The van der Waals surface area contributed by atoms with E-state index in [1.54, 1.807) is 0 Å². The monoisotopic (exact) mass is 260 g/mol. The van der Waals surface area contributed by atoms with Gasteiger partial charge >= 0.3 is 0 Å². The molecule has 2 heteroatoms. The van der Waals surface area contributed by atoms with E-state index < -0.39 is 0 Å². The molecule has 1 atom stereocenters. The first-order chi connectivity index (χ1) is 9.13. The zero-order valence-electron chi connectivity index (χ0n) is 12.7. The van der Waals surface area contributed by atoms with Crippen molar-refractivity contribution in [1.29, 1.82) is 0 Å². The molecular formula is C17H28N2. The van der Waals surface area contributed by atoms with Crippen LogP contribution >= 0.6 is 0 Å². The maximum absolute atomic E-state index is 3.49. The summed E-state index contributed by atoms with van der Waals surface area (Å²) in [5.74, 6) is 1.59. The average molecular weight is 260 g/mol. The molecule has 0 spiro atoms. The quantitative estimate of drug-likeness (QED) is 0.844. The van der Waals surface area contributed by atoms with Crippen LogP contribution in [0.2, 0.25) is 0 Å². The standard InChI is InChI=1S/C17H28N2/c1-14(2)10-18-11-16-4-6-17(7-5-16)13-19-9-8-15(3)12-19/h4-7,14-15,18H,8-13H2,1-3H3. The molecule has 106 valence electrons. The van der Waals surface area contributed by atoms with Crippen molar-refractivity contribution in [3.8, 4) is 0 Å². The van der Waals surface area contributed by atoms with Gasteiger partial charge in [0.25, 0.3) is 0 Å². The van der Waals surface area contributed by atoms with Crippen molar-refractivity contribution < 1.29 is 0 Å². The summed E-state index contributed by atoms with van der Waals surface area (Å²) in [7, 11) is 0. The second-order valence-corrected chi connectivity index (χ2v) is 6.47. The molecule has 1 saturated heterocycles. The maximum atomic E-state index is 3.49. The van der Waals surface area contributed by atoms with Crippen molar-refractivity contribution in [2.45, 2.75) is 40.3 Å². The number of hydrogen-bond acceptors (Lipinski definition) is 2. The Labute approximate surface area is 118 Å². The third-order valence-corrected chi connectivity index (χ3v) is 3.82. The van der Waals surface area contributed by atoms with Crippen LogP contribution in [-0.4, -0.2) is 24.5 Å². The summed E-state index contributed by atoms with van der Waals surface area (Å²) in [6.07, 6.45) is 1.36. The summed E-state index contributed by atoms with van der Waals surface area (Å²) >= 11 is 0. The van der Waals surface area contributed by atoms with Gasteiger partial charge in [-0.05, 0) is 42.5 Å². The molecule has 1 fully saturated rings. The lowest BCUT2D eigenvalue weighted by atomic mass is 10.1. The maximum Gasteiger partial charge on any atom is 0.0233 e. The number of hydrogen-bond donors (Lipinski definition) is 1. The van der Waals surface area contributed by atoms with Crippen molar-refractivity contribution in [2.75, 3.05) is 19.6 Å². The Morgan fingerprint density at radius 2 is 1.89 bits per heavy atom. The summed E-state index contributed by atoms with van der Waals surface area (Å²) in [6.45, 7) is 12.6. The predicted octanol–water partition coefficient (Wildman–Crippen LogP) is 3.27. The number of benzene rings is 1. The number of likely N-dealkylation sites (tertiary alicyclic amines) is 1. The van der Waals surface area contributed by atoms with E-state index >= 15 is 0 Å². The summed E-state index contributed by atoms with van der Waals surface area (Å²) in [4.78, 5) is 2.57. The van der Waals surface area contributed by atoms with Gasteiger partial charge in [-0.25, -0.2) is 0 Å². The number of rotatable bonds is 6. The van der Waals surface area contributed by atoms with E-state index in [1.807, 2.05) is 0 Å². The molecule has 0 aromatic heterocycles. The van der Waals surface area contributed by atoms with Crippen molar-refractivity contribution in [2.24, 2.45) is 11.8 Å². The van der Waals surface area contributed by atoms with Gasteiger partial charge in [0.15, 0.2) is 0 Å². The molecule has 2 rings (SSSR count). The normalized spacial score (nSPS) is 20.3. The average Bonchev–Trinajstić information content (AvgIpc) is 2.77. The van der Waals surface area contributed by atoms with Gasteiger partial charge in [-0.2, -0.15) is 0 Å². The fourth-order valence-electron chi connectivity index (χ4n) is 2.70. The van der Waals surface area contributed by atoms with Crippen LogP contribution in [0, 0.1) is 11.8 Å². The van der Waals surface area contributed by atoms with E-state index in [-0.39, 0.29) is 0 Å². The smallest absolute Gasteiger partial charge is 0.0233 e. The highest BCUT2D eigenvalue weighted by Gasteiger charge is 2.18. The Balaban J connectivity index is 1.78. The highest BCUT2D eigenvalue weighted by molar-refractivity contribution is 5.22. The Kier molecular flexibility index (Phi) is 5.41. The molecule has 0 amide bonds. The minimum absolute atomic E-state index is 0.719. The molecule has 0 aliphatic carbocycles. The van der Waals surface area contributed by atoms with Crippen molar-refractivity contribution in [3.63, 3.8) is 0 Å². The van der Waals surface area contributed by atoms with E-state index in [0.29, 0.717) is 0 Å². The molecule has 0 bridgehead atoms. The highest BCUT2D eigenvalue weighted by Crippen LogP contribution is 2.18. The lowest BCUT2D eigenvalue weighted by Gasteiger charge is -2.15. The predicted molar refractivity (Wildman–Crippen MR) is 82.0 cm³/mol. The lowest BCUT2D eigenvalue weighted by molar-refractivity contribution is 0.320. The minimum Gasteiger partial charge on any atom is -0.312 e. The van der Waals surface area contributed by atoms with E-state index in [0.717, 1.165) is 31.5 Å². The van der Waals surface area contributed by atoms with E-state index in [1.165, 1.54) is 30.6 Å². The molecular weight excluding hydrogens is 232 g/mol. The van der Waals surface area contributed by atoms with Gasteiger partial charge < -0.3 is 5.32 Å². The summed E-state index contributed by atoms with van der Waals surface area (Å²) in [5, 5.41) is 3.49.